The number of nitrogens with zero attached hydrogens (tertiary/aromatic N) is 1. The van der Waals surface area contributed by atoms with Crippen LogP contribution < -0.4 is 10.6 Å². The molecule has 2 unspecified atom stereocenters. The standard InChI is InChI=1S/C19H26BrN3O3/c1-4-5-6-8-13(2)21-16(24)12-23-17(25)19(3,22-18(23)26)14-9-7-10-15(20)11-14/h7,9-11,13H,4-6,8,12H2,1-3H3,(H,21,24)(H,22,26). The summed E-state index contributed by atoms with van der Waals surface area (Å²) in [7, 11) is 0. The number of rotatable bonds is 8. The summed E-state index contributed by atoms with van der Waals surface area (Å²) in [5, 5.41) is 5.57. The van der Waals surface area contributed by atoms with Crippen molar-refractivity contribution in [1.82, 2.24) is 15.5 Å². The molecule has 2 N–H and O–H groups in total. The zero-order valence-corrected chi connectivity index (χ0v) is 17.1. The molecule has 1 saturated heterocycles. The van der Waals surface area contributed by atoms with Crippen LogP contribution in [-0.4, -0.2) is 35.3 Å². The van der Waals surface area contributed by atoms with Crippen molar-refractivity contribution in [3.63, 3.8) is 0 Å². The van der Waals surface area contributed by atoms with E-state index in [2.05, 4.69) is 33.5 Å². The topological polar surface area (TPSA) is 78.5 Å². The number of hydrogen-bond acceptors (Lipinski definition) is 3. The van der Waals surface area contributed by atoms with Gasteiger partial charge in [-0.3, -0.25) is 14.5 Å². The Morgan fingerprint density at radius 2 is 2.08 bits per heavy atom. The van der Waals surface area contributed by atoms with E-state index in [1.54, 1.807) is 25.1 Å². The summed E-state index contributed by atoms with van der Waals surface area (Å²) in [6, 6.07) is 6.69. The fourth-order valence-corrected chi connectivity index (χ4v) is 3.47. The van der Waals surface area contributed by atoms with Gasteiger partial charge in [-0.25, -0.2) is 4.79 Å². The number of benzene rings is 1. The fourth-order valence-electron chi connectivity index (χ4n) is 3.07. The molecule has 0 aromatic heterocycles. The lowest BCUT2D eigenvalue weighted by molar-refractivity contribution is -0.135. The molecule has 1 aliphatic rings. The van der Waals surface area contributed by atoms with Crippen molar-refractivity contribution in [2.75, 3.05) is 6.54 Å². The van der Waals surface area contributed by atoms with Crippen LogP contribution in [0.1, 0.15) is 52.0 Å². The Balaban J connectivity index is 2.01. The smallest absolute Gasteiger partial charge is 0.325 e. The van der Waals surface area contributed by atoms with E-state index in [0.717, 1.165) is 35.1 Å². The quantitative estimate of drug-likeness (QED) is 0.497. The van der Waals surface area contributed by atoms with Crippen molar-refractivity contribution in [3.8, 4) is 0 Å². The van der Waals surface area contributed by atoms with Gasteiger partial charge in [0.2, 0.25) is 5.91 Å². The number of unbranched alkanes of at least 4 members (excludes halogenated alkanes) is 2. The van der Waals surface area contributed by atoms with Crippen LogP contribution in [0.4, 0.5) is 4.79 Å². The highest BCUT2D eigenvalue weighted by atomic mass is 79.9. The van der Waals surface area contributed by atoms with Crippen LogP contribution in [0.3, 0.4) is 0 Å². The zero-order valence-electron chi connectivity index (χ0n) is 15.5. The van der Waals surface area contributed by atoms with Gasteiger partial charge in [-0.05, 0) is 38.0 Å². The molecule has 2 rings (SSSR count). The molecule has 0 saturated carbocycles. The van der Waals surface area contributed by atoms with Crippen LogP contribution >= 0.6 is 15.9 Å². The minimum absolute atomic E-state index is 0.0197. The summed E-state index contributed by atoms with van der Waals surface area (Å²) in [5.74, 6) is -0.745. The van der Waals surface area contributed by atoms with E-state index in [-0.39, 0.29) is 18.5 Å². The summed E-state index contributed by atoms with van der Waals surface area (Å²) in [5.41, 5.74) is -0.505. The highest BCUT2D eigenvalue weighted by Gasteiger charge is 2.49. The third-order valence-electron chi connectivity index (χ3n) is 4.63. The molecule has 4 amide bonds. The average molecular weight is 424 g/mol. The molecule has 2 atom stereocenters. The van der Waals surface area contributed by atoms with Crippen molar-refractivity contribution in [3.05, 3.63) is 34.3 Å². The minimum Gasteiger partial charge on any atom is -0.352 e. The molecule has 142 valence electrons. The molecule has 1 aromatic carbocycles. The molecule has 0 bridgehead atoms. The van der Waals surface area contributed by atoms with E-state index in [1.165, 1.54) is 0 Å². The Labute approximate surface area is 162 Å². The van der Waals surface area contributed by atoms with Crippen LogP contribution in [0.5, 0.6) is 0 Å². The van der Waals surface area contributed by atoms with Crippen molar-refractivity contribution in [2.24, 2.45) is 0 Å². The van der Waals surface area contributed by atoms with Crippen molar-refractivity contribution in [1.29, 1.82) is 0 Å². The number of imide groups is 1. The molecule has 1 aromatic rings. The van der Waals surface area contributed by atoms with Gasteiger partial charge in [0.25, 0.3) is 5.91 Å². The van der Waals surface area contributed by atoms with E-state index in [4.69, 9.17) is 0 Å². The van der Waals surface area contributed by atoms with E-state index in [0.29, 0.717) is 5.56 Å². The van der Waals surface area contributed by atoms with Gasteiger partial charge in [-0.15, -0.1) is 0 Å². The van der Waals surface area contributed by atoms with Crippen molar-refractivity contribution < 1.29 is 14.4 Å². The van der Waals surface area contributed by atoms with Gasteiger partial charge in [0.15, 0.2) is 0 Å². The normalized spacial score (nSPS) is 20.8. The van der Waals surface area contributed by atoms with Gasteiger partial charge in [0.05, 0.1) is 0 Å². The molecule has 0 radical (unpaired) electrons. The summed E-state index contributed by atoms with van der Waals surface area (Å²) in [4.78, 5) is 38.3. The summed E-state index contributed by atoms with van der Waals surface area (Å²) in [6.07, 6.45) is 4.17. The lowest BCUT2D eigenvalue weighted by atomic mass is 9.92. The number of urea groups is 1. The molecule has 7 heteroatoms. The summed E-state index contributed by atoms with van der Waals surface area (Å²) >= 11 is 3.37. The fraction of sp³-hybridized carbons (Fsp3) is 0.526. The van der Waals surface area contributed by atoms with Crippen LogP contribution in [0.2, 0.25) is 0 Å². The van der Waals surface area contributed by atoms with Gasteiger partial charge in [-0.2, -0.15) is 0 Å². The Hall–Kier alpha value is -1.89. The van der Waals surface area contributed by atoms with E-state index in [9.17, 15) is 14.4 Å². The summed E-state index contributed by atoms with van der Waals surface area (Å²) < 4.78 is 0.815. The first-order valence-electron chi connectivity index (χ1n) is 8.97. The highest BCUT2D eigenvalue weighted by molar-refractivity contribution is 9.10. The third kappa shape index (κ3) is 4.63. The lowest BCUT2D eigenvalue weighted by Crippen LogP contribution is -2.45. The Morgan fingerprint density at radius 3 is 2.73 bits per heavy atom. The second kappa shape index (κ2) is 8.66. The molecule has 6 nitrogen and oxygen atoms in total. The van der Waals surface area contributed by atoms with Crippen LogP contribution in [-0.2, 0) is 15.1 Å². The SMILES string of the molecule is CCCCCC(C)NC(=O)CN1C(=O)NC(C)(c2cccc(Br)c2)C1=O. The second-order valence-electron chi connectivity index (χ2n) is 6.92. The van der Waals surface area contributed by atoms with E-state index >= 15 is 0 Å². The number of hydrogen-bond donors (Lipinski definition) is 2. The van der Waals surface area contributed by atoms with Gasteiger partial charge in [0, 0.05) is 10.5 Å². The maximum Gasteiger partial charge on any atom is 0.325 e. The molecular weight excluding hydrogens is 398 g/mol. The number of amides is 4. The lowest BCUT2D eigenvalue weighted by Gasteiger charge is -2.22. The number of nitrogens with one attached hydrogen (secondary N) is 2. The number of halogens is 1. The molecule has 0 aliphatic carbocycles. The first-order chi connectivity index (χ1) is 12.3. The average Bonchev–Trinajstić information content (AvgIpc) is 2.79. The van der Waals surface area contributed by atoms with Gasteiger partial charge in [0.1, 0.15) is 12.1 Å². The van der Waals surface area contributed by atoms with Gasteiger partial charge < -0.3 is 10.6 Å². The molecule has 1 heterocycles. The molecule has 0 spiro atoms. The van der Waals surface area contributed by atoms with Crippen molar-refractivity contribution >= 4 is 33.8 Å². The van der Waals surface area contributed by atoms with Gasteiger partial charge >= 0.3 is 6.03 Å². The van der Waals surface area contributed by atoms with Crippen LogP contribution in [0.15, 0.2) is 28.7 Å². The first-order valence-corrected chi connectivity index (χ1v) is 9.76. The highest BCUT2D eigenvalue weighted by Crippen LogP contribution is 2.30. The largest absolute Gasteiger partial charge is 0.352 e. The van der Waals surface area contributed by atoms with E-state index < -0.39 is 17.5 Å². The second-order valence-corrected chi connectivity index (χ2v) is 7.84. The summed E-state index contributed by atoms with van der Waals surface area (Å²) in [6.45, 7) is 5.45. The van der Waals surface area contributed by atoms with E-state index in [1.807, 2.05) is 13.0 Å². The number of carbonyl (C=O) groups is 3. The monoisotopic (exact) mass is 423 g/mol. The molecule has 26 heavy (non-hydrogen) atoms. The first kappa shape index (κ1) is 20.4. The zero-order chi connectivity index (χ0) is 19.3. The molecule has 1 fully saturated rings. The Bertz CT molecular complexity index is 694. The predicted octanol–water partition coefficient (Wildman–Crippen LogP) is 3.30. The predicted molar refractivity (Wildman–Crippen MR) is 103 cm³/mol. The Morgan fingerprint density at radius 1 is 1.35 bits per heavy atom. The maximum absolute atomic E-state index is 12.8. The van der Waals surface area contributed by atoms with Gasteiger partial charge in [-0.1, -0.05) is 54.2 Å². The van der Waals surface area contributed by atoms with Crippen molar-refractivity contribution in [2.45, 2.75) is 58.0 Å². The Kier molecular flexibility index (Phi) is 6.81. The van der Waals surface area contributed by atoms with Crippen LogP contribution in [0, 0.1) is 0 Å². The van der Waals surface area contributed by atoms with Crippen LogP contribution in [0.25, 0.3) is 0 Å². The third-order valence-corrected chi connectivity index (χ3v) is 5.12. The minimum atomic E-state index is -1.17. The molecular formula is C19H26BrN3O3. The number of carbonyl (C=O) groups excluding carboxylic acids is 3. The molecule has 1 aliphatic heterocycles. The maximum atomic E-state index is 12.8.